The first-order valence-electron chi connectivity index (χ1n) is 12.6. The van der Waals surface area contributed by atoms with Gasteiger partial charge in [0.1, 0.15) is 11.2 Å². The summed E-state index contributed by atoms with van der Waals surface area (Å²) in [5.41, 5.74) is 9.89. The molecule has 0 atom stereocenters. The molecule has 0 N–H and O–H groups in total. The maximum absolute atomic E-state index is 6.08. The van der Waals surface area contributed by atoms with Crippen molar-refractivity contribution in [1.29, 1.82) is 0 Å². The van der Waals surface area contributed by atoms with Gasteiger partial charge in [-0.15, -0.1) is 0 Å². The molecule has 6 aromatic carbocycles. The summed E-state index contributed by atoms with van der Waals surface area (Å²) in [6, 6.07) is 39.7. The van der Waals surface area contributed by atoms with Gasteiger partial charge >= 0.3 is 0 Å². The molecule has 170 valence electrons. The van der Waals surface area contributed by atoms with Crippen molar-refractivity contribution in [2.24, 2.45) is 0 Å². The van der Waals surface area contributed by atoms with Crippen molar-refractivity contribution in [1.82, 2.24) is 0 Å². The first kappa shape index (κ1) is 19.9. The molecule has 0 amide bonds. The lowest BCUT2D eigenvalue weighted by atomic mass is 9.79. The van der Waals surface area contributed by atoms with Crippen LogP contribution in [0.25, 0.3) is 65.7 Å². The van der Waals surface area contributed by atoms with Crippen LogP contribution in [0.4, 0.5) is 0 Å². The van der Waals surface area contributed by atoms with Gasteiger partial charge in [-0.1, -0.05) is 98.8 Å². The highest BCUT2D eigenvalue weighted by molar-refractivity contribution is 6.19. The smallest absolute Gasteiger partial charge is 0.135 e. The third-order valence-electron chi connectivity index (χ3n) is 8.23. The number of hydrogen-bond acceptors (Lipinski definition) is 1. The van der Waals surface area contributed by atoms with E-state index in [1.54, 1.807) is 0 Å². The minimum Gasteiger partial charge on any atom is -0.456 e. The molecular weight excluding hydrogens is 436 g/mol. The van der Waals surface area contributed by atoms with E-state index in [9.17, 15) is 0 Å². The first-order valence-corrected chi connectivity index (χ1v) is 12.6. The fourth-order valence-electron chi connectivity index (χ4n) is 6.59. The number of hydrogen-bond donors (Lipinski definition) is 0. The zero-order valence-corrected chi connectivity index (χ0v) is 20.3. The Bertz CT molecular complexity index is 2020. The molecule has 1 aromatic heterocycles. The van der Waals surface area contributed by atoms with Gasteiger partial charge in [-0.2, -0.15) is 0 Å². The topological polar surface area (TPSA) is 13.1 Å². The predicted octanol–water partition coefficient (Wildman–Crippen LogP) is 9.87. The molecule has 0 fully saturated rings. The van der Waals surface area contributed by atoms with Crippen LogP contribution in [0.15, 0.2) is 114 Å². The molecule has 8 rings (SSSR count). The van der Waals surface area contributed by atoms with Crippen LogP contribution in [-0.4, -0.2) is 0 Å². The van der Waals surface area contributed by atoms with E-state index in [2.05, 4.69) is 111 Å². The lowest BCUT2D eigenvalue weighted by Crippen LogP contribution is -2.15. The molecule has 1 nitrogen and oxygen atoms in total. The molecular formula is C35H24O. The Morgan fingerprint density at radius 2 is 1.14 bits per heavy atom. The molecule has 0 saturated carbocycles. The maximum atomic E-state index is 6.08. The van der Waals surface area contributed by atoms with Gasteiger partial charge in [-0.3, -0.25) is 0 Å². The van der Waals surface area contributed by atoms with Gasteiger partial charge in [-0.25, -0.2) is 0 Å². The second-order valence-electron chi connectivity index (χ2n) is 10.5. The summed E-state index contributed by atoms with van der Waals surface area (Å²) in [7, 11) is 0. The summed E-state index contributed by atoms with van der Waals surface area (Å²) in [5.74, 6) is 0. The van der Waals surface area contributed by atoms with Gasteiger partial charge in [0.2, 0.25) is 0 Å². The van der Waals surface area contributed by atoms with Crippen LogP contribution in [0.2, 0.25) is 0 Å². The fraction of sp³-hybridized carbons (Fsp3) is 0.0857. The van der Waals surface area contributed by atoms with E-state index in [0.29, 0.717) is 0 Å². The second-order valence-corrected chi connectivity index (χ2v) is 10.5. The van der Waals surface area contributed by atoms with Crippen molar-refractivity contribution in [2.75, 3.05) is 0 Å². The van der Waals surface area contributed by atoms with Crippen molar-refractivity contribution < 1.29 is 4.42 Å². The van der Waals surface area contributed by atoms with Crippen LogP contribution in [0.5, 0.6) is 0 Å². The summed E-state index contributed by atoms with van der Waals surface area (Å²) in [5, 5.41) is 7.65. The molecule has 0 spiro atoms. The minimum atomic E-state index is -0.0512. The monoisotopic (exact) mass is 460 g/mol. The normalized spacial score (nSPS) is 14.1. The van der Waals surface area contributed by atoms with Gasteiger partial charge in [0, 0.05) is 16.2 Å². The highest BCUT2D eigenvalue weighted by Gasteiger charge is 2.38. The molecule has 1 heterocycles. The van der Waals surface area contributed by atoms with Gasteiger partial charge in [0.15, 0.2) is 0 Å². The van der Waals surface area contributed by atoms with Crippen molar-refractivity contribution >= 4 is 43.5 Å². The zero-order chi connectivity index (χ0) is 24.0. The first-order chi connectivity index (χ1) is 17.6. The molecule has 0 radical (unpaired) electrons. The van der Waals surface area contributed by atoms with E-state index in [1.807, 2.05) is 12.1 Å². The van der Waals surface area contributed by atoms with Gasteiger partial charge in [0.05, 0.1) is 0 Å². The van der Waals surface area contributed by atoms with Crippen LogP contribution in [0, 0.1) is 0 Å². The third-order valence-corrected chi connectivity index (χ3v) is 8.23. The van der Waals surface area contributed by atoms with Crippen molar-refractivity contribution in [3.8, 4) is 22.3 Å². The molecule has 0 saturated heterocycles. The Hall–Kier alpha value is -4.36. The number of rotatable bonds is 1. The summed E-state index contributed by atoms with van der Waals surface area (Å²) in [6.45, 7) is 4.75. The second kappa shape index (κ2) is 6.86. The Kier molecular flexibility index (Phi) is 3.79. The molecule has 0 unspecified atom stereocenters. The number of benzene rings is 6. The fourth-order valence-corrected chi connectivity index (χ4v) is 6.59. The van der Waals surface area contributed by atoms with E-state index >= 15 is 0 Å². The summed E-state index contributed by atoms with van der Waals surface area (Å²) >= 11 is 0. The van der Waals surface area contributed by atoms with Crippen LogP contribution in [0.1, 0.15) is 25.0 Å². The molecule has 0 aliphatic heterocycles. The lowest BCUT2D eigenvalue weighted by Gasteiger charge is -2.24. The van der Waals surface area contributed by atoms with Gasteiger partial charge in [-0.05, 0) is 79.2 Å². The van der Waals surface area contributed by atoms with E-state index in [1.165, 1.54) is 60.3 Å². The van der Waals surface area contributed by atoms with Crippen molar-refractivity contribution in [2.45, 2.75) is 19.3 Å². The van der Waals surface area contributed by atoms with E-state index in [0.717, 1.165) is 16.6 Å². The summed E-state index contributed by atoms with van der Waals surface area (Å²) < 4.78 is 6.08. The Balaban J connectivity index is 1.44. The van der Waals surface area contributed by atoms with E-state index < -0.39 is 0 Å². The van der Waals surface area contributed by atoms with Gasteiger partial charge < -0.3 is 4.42 Å². The standard InChI is InChI=1S/C35H24O/c1-35(2)30-13-7-5-12-27(30)33-25-11-4-3-9-23(25)28-19-21(15-17-26(28)34(33)35)22-16-18-32-29(20-22)24-10-6-8-14-31(24)36-32/h3-20H,1-2H3. The lowest BCUT2D eigenvalue weighted by molar-refractivity contribution is 0.666. The SMILES string of the molecule is CC1(C)c2ccccc2-c2c1c1ccc(-c3ccc4oc5ccccc5c4c3)cc1c1ccccc21. The zero-order valence-electron chi connectivity index (χ0n) is 20.3. The van der Waals surface area contributed by atoms with Crippen LogP contribution in [0.3, 0.4) is 0 Å². The number of furan rings is 1. The average molecular weight is 461 g/mol. The molecule has 7 aromatic rings. The maximum Gasteiger partial charge on any atom is 0.135 e. The van der Waals surface area contributed by atoms with Crippen LogP contribution in [-0.2, 0) is 5.41 Å². The molecule has 1 heteroatoms. The van der Waals surface area contributed by atoms with Gasteiger partial charge in [0.25, 0.3) is 0 Å². The van der Waals surface area contributed by atoms with Crippen LogP contribution >= 0.6 is 0 Å². The van der Waals surface area contributed by atoms with Crippen molar-refractivity contribution in [3.63, 3.8) is 0 Å². The molecule has 1 aliphatic carbocycles. The minimum absolute atomic E-state index is 0.0512. The van der Waals surface area contributed by atoms with E-state index in [4.69, 9.17) is 4.42 Å². The predicted molar refractivity (Wildman–Crippen MR) is 152 cm³/mol. The van der Waals surface area contributed by atoms with Crippen LogP contribution < -0.4 is 0 Å². The highest BCUT2D eigenvalue weighted by atomic mass is 16.3. The highest BCUT2D eigenvalue weighted by Crippen LogP contribution is 2.54. The molecule has 1 aliphatic rings. The van der Waals surface area contributed by atoms with E-state index in [-0.39, 0.29) is 5.41 Å². The molecule has 0 bridgehead atoms. The Labute approximate surface area is 209 Å². The van der Waals surface area contributed by atoms with Crippen molar-refractivity contribution in [3.05, 3.63) is 120 Å². The summed E-state index contributed by atoms with van der Waals surface area (Å²) in [6.07, 6.45) is 0. The quantitative estimate of drug-likeness (QED) is 0.222. The average Bonchev–Trinajstić information content (AvgIpc) is 3.41. The number of fused-ring (bicyclic) bond motifs is 11. The Morgan fingerprint density at radius 3 is 2.00 bits per heavy atom. The Morgan fingerprint density at radius 1 is 0.500 bits per heavy atom. The third kappa shape index (κ3) is 2.50. The summed E-state index contributed by atoms with van der Waals surface area (Å²) in [4.78, 5) is 0. The number of para-hydroxylation sites is 1. The molecule has 36 heavy (non-hydrogen) atoms. The largest absolute Gasteiger partial charge is 0.456 e.